The summed E-state index contributed by atoms with van der Waals surface area (Å²) in [5.74, 6) is -0.900. The molecule has 5 heteroatoms. The van der Waals surface area contributed by atoms with Crippen LogP contribution in [0.4, 0.5) is 0 Å². The van der Waals surface area contributed by atoms with Crippen molar-refractivity contribution in [2.24, 2.45) is 0 Å². The topological polar surface area (TPSA) is 60.7 Å². The first kappa shape index (κ1) is 12.1. The highest BCUT2D eigenvalue weighted by Gasteiger charge is 2.22. The molecule has 0 radical (unpaired) electrons. The molecule has 1 aromatic rings. The summed E-state index contributed by atoms with van der Waals surface area (Å²) in [6, 6.07) is 1.97. The van der Waals surface area contributed by atoms with Gasteiger partial charge in [-0.1, -0.05) is 0 Å². The summed E-state index contributed by atoms with van der Waals surface area (Å²) in [5.41, 5.74) is 1.07. The molecule has 1 N–H and O–H groups in total. The van der Waals surface area contributed by atoms with Gasteiger partial charge in [-0.15, -0.1) is 0 Å². The molecule has 1 aliphatic heterocycles. The fourth-order valence-electron chi connectivity index (χ4n) is 2.27. The Morgan fingerprint density at radius 1 is 1.59 bits per heavy atom. The van der Waals surface area contributed by atoms with Crippen molar-refractivity contribution < 1.29 is 19.4 Å². The lowest BCUT2D eigenvalue weighted by molar-refractivity contribution is 0.0654. The predicted molar refractivity (Wildman–Crippen MR) is 61.2 cm³/mol. The van der Waals surface area contributed by atoms with E-state index in [4.69, 9.17) is 14.6 Å². The van der Waals surface area contributed by atoms with E-state index in [1.807, 2.05) is 10.8 Å². The molecule has 1 aliphatic rings. The molecular weight excluding hydrogens is 222 g/mol. The van der Waals surface area contributed by atoms with Crippen molar-refractivity contribution in [3.63, 3.8) is 0 Å². The van der Waals surface area contributed by atoms with Gasteiger partial charge in [0, 0.05) is 32.6 Å². The first-order valence-electron chi connectivity index (χ1n) is 5.73. The number of aromatic nitrogens is 1. The lowest BCUT2D eigenvalue weighted by Gasteiger charge is -2.25. The lowest BCUT2D eigenvalue weighted by atomic mass is 10.1. The van der Waals surface area contributed by atoms with Crippen LogP contribution in [0, 0.1) is 0 Å². The zero-order valence-electron chi connectivity index (χ0n) is 9.89. The first-order valence-corrected chi connectivity index (χ1v) is 5.73. The number of rotatable bonds is 4. The van der Waals surface area contributed by atoms with Crippen LogP contribution in [-0.4, -0.2) is 36.0 Å². The highest BCUT2D eigenvalue weighted by molar-refractivity contribution is 5.89. The van der Waals surface area contributed by atoms with Crippen LogP contribution >= 0.6 is 0 Å². The van der Waals surface area contributed by atoms with E-state index < -0.39 is 5.97 Å². The lowest BCUT2D eigenvalue weighted by Crippen LogP contribution is -2.21. The molecule has 2 heterocycles. The van der Waals surface area contributed by atoms with Crippen LogP contribution in [0.5, 0.6) is 0 Å². The van der Waals surface area contributed by atoms with Gasteiger partial charge in [-0.05, 0) is 18.9 Å². The first-order chi connectivity index (χ1) is 8.24. The van der Waals surface area contributed by atoms with Crippen LogP contribution in [0.15, 0.2) is 12.3 Å². The Hall–Kier alpha value is -1.33. The maximum atomic E-state index is 11.1. The van der Waals surface area contributed by atoms with Crippen molar-refractivity contribution in [3.8, 4) is 0 Å². The Balaban J connectivity index is 2.28. The van der Waals surface area contributed by atoms with E-state index in [9.17, 15) is 4.79 Å². The summed E-state index contributed by atoms with van der Waals surface area (Å²) in [6.45, 7) is 1.79. The van der Waals surface area contributed by atoms with Crippen LogP contribution in [-0.2, 0) is 16.1 Å². The number of ether oxygens (including phenoxy) is 2. The van der Waals surface area contributed by atoms with E-state index in [0.717, 1.165) is 31.7 Å². The molecule has 94 valence electrons. The summed E-state index contributed by atoms with van der Waals surface area (Å²) in [6.07, 6.45) is 3.68. The van der Waals surface area contributed by atoms with Crippen molar-refractivity contribution in [1.82, 2.24) is 4.57 Å². The summed E-state index contributed by atoms with van der Waals surface area (Å²) < 4.78 is 12.4. The summed E-state index contributed by atoms with van der Waals surface area (Å²) in [4.78, 5) is 11.1. The molecule has 1 aromatic heterocycles. The molecule has 0 amide bonds. The van der Waals surface area contributed by atoms with Gasteiger partial charge in [-0.3, -0.25) is 0 Å². The second-order valence-electron chi connectivity index (χ2n) is 4.17. The van der Waals surface area contributed by atoms with E-state index in [0.29, 0.717) is 18.2 Å². The van der Waals surface area contributed by atoms with E-state index in [2.05, 4.69) is 0 Å². The molecule has 0 atom stereocenters. The highest BCUT2D eigenvalue weighted by Crippen LogP contribution is 2.25. The maximum absolute atomic E-state index is 11.1. The third kappa shape index (κ3) is 2.50. The van der Waals surface area contributed by atoms with Gasteiger partial charge in [0.2, 0.25) is 0 Å². The third-order valence-electron chi connectivity index (χ3n) is 3.12. The minimum absolute atomic E-state index is 0.321. The van der Waals surface area contributed by atoms with Crippen molar-refractivity contribution in [3.05, 3.63) is 23.5 Å². The Kier molecular flexibility index (Phi) is 3.81. The van der Waals surface area contributed by atoms with Crippen LogP contribution in [0.3, 0.4) is 0 Å². The van der Waals surface area contributed by atoms with Gasteiger partial charge in [0.1, 0.15) is 0 Å². The zero-order valence-corrected chi connectivity index (χ0v) is 9.89. The number of carboxylic acid groups (broad SMARTS) is 1. The molecule has 1 saturated heterocycles. The van der Waals surface area contributed by atoms with Crippen molar-refractivity contribution in [1.29, 1.82) is 0 Å². The third-order valence-corrected chi connectivity index (χ3v) is 3.12. The van der Waals surface area contributed by atoms with Crippen LogP contribution in [0.2, 0.25) is 0 Å². The molecule has 0 spiro atoms. The van der Waals surface area contributed by atoms with Gasteiger partial charge >= 0.3 is 5.97 Å². The number of hydrogen-bond donors (Lipinski definition) is 1. The minimum Gasteiger partial charge on any atom is -0.478 e. The van der Waals surface area contributed by atoms with Crippen LogP contribution in [0.1, 0.15) is 34.9 Å². The van der Waals surface area contributed by atoms with Gasteiger partial charge in [-0.2, -0.15) is 0 Å². The Morgan fingerprint density at radius 3 is 2.88 bits per heavy atom. The van der Waals surface area contributed by atoms with E-state index in [1.165, 1.54) is 0 Å². The number of hydrogen-bond acceptors (Lipinski definition) is 3. The zero-order chi connectivity index (χ0) is 12.3. The van der Waals surface area contributed by atoms with Crippen LogP contribution < -0.4 is 0 Å². The monoisotopic (exact) mass is 239 g/mol. The van der Waals surface area contributed by atoms with Crippen molar-refractivity contribution in [2.75, 3.05) is 20.3 Å². The Labute approximate surface area is 99.9 Å². The SMILES string of the molecule is COCc1c(C(=O)O)ccn1C1CCOCC1. The van der Waals surface area contributed by atoms with E-state index in [-0.39, 0.29) is 0 Å². The second-order valence-corrected chi connectivity index (χ2v) is 4.17. The van der Waals surface area contributed by atoms with E-state index in [1.54, 1.807) is 13.2 Å². The highest BCUT2D eigenvalue weighted by atomic mass is 16.5. The molecule has 0 saturated carbocycles. The second kappa shape index (κ2) is 5.33. The fourth-order valence-corrected chi connectivity index (χ4v) is 2.27. The Bertz CT molecular complexity index is 393. The van der Waals surface area contributed by atoms with Crippen molar-refractivity contribution in [2.45, 2.75) is 25.5 Å². The molecule has 0 aliphatic carbocycles. The average Bonchev–Trinajstić information content (AvgIpc) is 2.75. The van der Waals surface area contributed by atoms with Gasteiger partial charge in [0.25, 0.3) is 0 Å². The maximum Gasteiger partial charge on any atom is 0.337 e. The number of nitrogens with zero attached hydrogens (tertiary/aromatic N) is 1. The van der Waals surface area contributed by atoms with E-state index >= 15 is 0 Å². The molecule has 0 aromatic carbocycles. The Morgan fingerprint density at radius 2 is 2.29 bits per heavy atom. The molecule has 2 rings (SSSR count). The van der Waals surface area contributed by atoms with Gasteiger partial charge in [0.05, 0.1) is 17.9 Å². The van der Waals surface area contributed by atoms with Crippen LogP contribution in [0.25, 0.3) is 0 Å². The smallest absolute Gasteiger partial charge is 0.337 e. The minimum atomic E-state index is -0.900. The number of carboxylic acids is 1. The molecule has 0 unspecified atom stereocenters. The summed E-state index contributed by atoms with van der Waals surface area (Å²) in [7, 11) is 1.58. The average molecular weight is 239 g/mol. The number of methoxy groups -OCH3 is 1. The van der Waals surface area contributed by atoms with Crippen molar-refractivity contribution >= 4 is 5.97 Å². The molecule has 0 bridgehead atoms. The largest absolute Gasteiger partial charge is 0.478 e. The standard InChI is InChI=1S/C12H17NO4/c1-16-8-11-10(12(14)15)2-5-13(11)9-3-6-17-7-4-9/h2,5,9H,3-4,6-8H2,1H3,(H,14,15). The normalized spacial score (nSPS) is 17.2. The molecular formula is C12H17NO4. The number of aromatic carboxylic acids is 1. The number of carbonyl (C=O) groups is 1. The molecule has 5 nitrogen and oxygen atoms in total. The molecule has 17 heavy (non-hydrogen) atoms. The van der Waals surface area contributed by atoms with Gasteiger partial charge in [0.15, 0.2) is 0 Å². The van der Waals surface area contributed by atoms with Gasteiger partial charge < -0.3 is 19.1 Å². The summed E-state index contributed by atoms with van der Waals surface area (Å²) >= 11 is 0. The molecule has 1 fully saturated rings. The predicted octanol–water partition coefficient (Wildman–Crippen LogP) is 1.68. The summed E-state index contributed by atoms with van der Waals surface area (Å²) in [5, 5.41) is 9.11. The van der Waals surface area contributed by atoms with Gasteiger partial charge in [-0.25, -0.2) is 4.79 Å². The fraction of sp³-hybridized carbons (Fsp3) is 0.583. The quantitative estimate of drug-likeness (QED) is 0.868.